The highest BCUT2D eigenvalue weighted by molar-refractivity contribution is 7.10. The molecule has 1 atom stereocenters. The highest BCUT2D eigenvalue weighted by Crippen LogP contribution is 2.23. The number of thiophene rings is 1. The van der Waals surface area contributed by atoms with Crippen molar-refractivity contribution in [2.45, 2.75) is 6.04 Å². The number of nitrogens with two attached hydrogens (primary N) is 1. The Balaban J connectivity index is 1.96. The van der Waals surface area contributed by atoms with E-state index in [0.717, 1.165) is 10.4 Å². The molecule has 0 fully saturated rings. The summed E-state index contributed by atoms with van der Waals surface area (Å²) in [4.78, 5) is 12.4. The SMILES string of the molecule is NC(c1cccs1)c1nnc2c3[nH]cnc3ncn12. The molecule has 0 aliphatic rings. The third-order valence-electron chi connectivity index (χ3n) is 2.99. The van der Waals surface area contributed by atoms with Crippen LogP contribution in [0.25, 0.3) is 16.8 Å². The summed E-state index contributed by atoms with van der Waals surface area (Å²) in [6, 6.07) is 3.64. The number of hydrogen-bond donors (Lipinski definition) is 2. The minimum atomic E-state index is -0.308. The Morgan fingerprint density at radius 3 is 3.11 bits per heavy atom. The van der Waals surface area contributed by atoms with Gasteiger partial charge in [-0.05, 0) is 11.4 Å². The number of nitrogens with one attached hydrogen (secondary N) is 1. The average Bonchev–Trinajstić information content (AvgIpc) is 3.16. The maximum absolute atomic E-state index is 6.22. The molecule has 4 rings (SSSR count). The monoisotopic (exact) mass is 271 g/mol. The predicted octanol–water partition coefficient (Wildman–Crippen LogP) is 1.11. The van der Waals surface area contributed by atoms with Gasteiger partial charge in [0.25, 0.3) is 0 Å². The fourth-order valence-electron chi connectivity index (χ4n) is 2.06. The molecule has 0 saturated carbocycles. The van der Waals surface area contributed by atoms with Crippen molar-refractivity contribution >= 4 is 28.1 Å². The first kappa shape index (κ1) is 10.6. The molecule has 0 radical (unpaired) electrons. The second-order valence-electron chi connectivity index (χ2n) is 4.09. The summed E-state index contributed by atoms with van der Waals surface area (Å²) in [6.07, 6.45) is 3.24. The average molecular weight is 271 g/mol. The van der Waals surface area contributed by atoms with Crippen molar-refractivity contribution in [2.75, 3.05) is 0 Å². The second-order valence-corrected chi connectivity index (χ2v) is 5.07. The van der Waals surface area contributed by atoms with E-state index in [-0.39, 0.29) is 6.04 Å². The van der Waals surface area contributed by atoms with Crippen LogP contribution in [0.5, 0.6) is 0 Å². The Labute approximate surface area is 111 Å². The smallest absolute Gasteiger partial charge is 0.189 e. The van der Waals surface area contributed by atoms with Gasteiger partial charge in [-0.3, -0.25) is 4.40 Å². The van der Waals surface area contributed by atoms with Crippen LogP contribution in [0, 0.1) is 0 Å². The zero-order chi connectivity index (χ0) is 12.8. The fourth-order valence-corrected chi connectivity index (χ4v) is 2.78. The van der Waals surface area contributed by atoms with Gasteiger partial charge in [0.15, 0.2) is 17.1 Å². The van der Waals surface area contributed by atoms with Gasteiger partial charge >= 0.3 is 0 Å². The molecule has 4 aromatic heterocycles. The number of fused-ring (bicyclic) bond motifs is 3. The van der Waals surface area contributed by atoms with Crippen LogP contribution < -0.4 is 5.73 Å². The lowest BCUT2D eigenvalue weighted by atomic mass is 10.2. The molecule has 8 heteroatoms. The van der Waals surface area contributed by atoms with Crippen LogP contribution in [0.15, 0.2) is 30.2 Å². The summed E-state index contributed by atoms with van der Waals surface area (Å²) < 4.78 is 1.80. The Bertz CT molecular complexity index is 844. The Morgan fingerprint density at radius 1 is 1.32 bits per heavy atom. The first-order valence-corrected chi connectivity index (χ1v) is 6.54. The van der Waals surface area contributed by atoms with Gasteiger partial charge in [-0.15, -0.1) is 21.5 Å². The molecule has 19 heavy (non-hydrogen) atoms. The number of imidazole rings is 1. The molecule has 0 saturated heterocycles. The summed E-state index contributed by atoms with van der Waals surface area (Å²) in [5.74, 6) is 0.668. The molecular formula is C11H9N7S. The molecule has 0 aliphatic carbocycles. The highest BCUT2D eigenvalue weighted by Gasteiger charge is 2.18. The van der Waals surface area contributed by atoms with Gasteiger partial charge in [-0.1, -0.05) is 6.07 Å². The largest absolute Gasteiger partial charge is 0.340 e. The van der Waals surface area contributed by atoms with Crippen LogP contribution in [0.2, 0.25) is 0 Å². The van der Waals surface area contributed by atoms with Crippen molar-refractivity contribution in [3.05, 3.63) is 40.9 Å². The fraction of sp³-hybridized carbons (Fsp3) is 0.0909. The second kappa shape index (κ2) is 3.84. The molecule has 0 aliphatic heterocycles. The molecule has 94 valence electrons. The van der Waals surface area contributed by atoms with E-state index < -0.39 is 0 Å². The normalized spacial score (nSPS) is 13.3. The third kappa shape index (κ3) is 1.47. The molecule has 1 unspecified atom stereocenters. The van der Waals surface area contributed by atoms with Crippen molar-refractivity contribution in [2.24, 2.45) is 5.73 Å². The molecular weight excluding hydrogens is 262 g/mol. The van der Waals surface area contributed by atoms with Crippen LogP contribution in [0.4, 0.5) is 0 Å². The number of hydrogen-bond acceptors (Lipinski definition) is 6. The maximum Gasteiger partial charge on any atom is 0.189 e. The molecule has 0 spiro atoms. The van der Waals surface area contributed by atoms with Gasteiger partial charge in [-0.2, -0.15) is 0 Å². The summed E-state index contributed by atoms with van der Waals surface area (Å²) in [5, 5.41) is 10.4. The van der Waals surface area contributed by atoms with Crippen LogP contribution in [0.3, 0.4) is 0 Å². The van der Waals surface area contributed by atoms with Gasteiger partial charge in [0, 0.05) is 4.88 Å². The zero-order valence-electron chi connectivity index (χ0n) is 9.69. The Hall–Kier alpha value is -2.32. The number of aromatic amines is 1. The van der Waals surface area contributed by atoms with Crippen molar-refractivity contribution in [3.63, 3.8) is 0 Å². The van der Waals surface area contributed by atoms with Crippen LogP contribution in [-0.2, 0) is 0 Å². The standard InChI is InChI=1S/C11H9N7S/c12-7(6-2-1-3-19-6)10-16-17-11-8-9(14-4-13-8)15-5-18(10)11/h1-5,7H,12H2,(H,13,14). The quantitative estimate of drug-likeness (QED) is 0.569. The third-order valence-corrected chi connectivity index (χ3v) is 3.94. The molecule has 0 aromatic carbocycles. The summed E-state index contributed by atoms with van der Waals surface area (Å²) in [6.45, 7) is 0. The van der Waals surface area contributed by atoms with Gasteiger partial charge < -0.3 is 10.7 Å². The topological polar surface area (TPSA) is 97.8 Å². The highest BCUT2D eigenvalue weighted by atomic mass is 32.1. The predicted molar refractivity (Wildman–Crippen MR) is 70.8 cm³/mol. The number of H-pyrrole nitrogens is 1. The number of aromatic nitrogens is 6. The van der Waals surface area contributed by atoms with E-state index in [0.29, 0.717) is 17.1 Å². The summed E-state index contributed by atoms with van der Waals surface area (Å²) in [7, 11) is 0. The van der Waals surface area contributed by atoms with E-state index in [1.54, 1.807) is 28.4 Å². The molecule has 7 nitrogen and oxygen atoms in total. The van der Waals surface area contributed by atoms with E-state index in [1.807, 2.05) is 17.5 Å². The lowest BCUT2D eigenvalue weighted by Gasteiger charge is -2.06. The minimum absolute atomic E-state index is 0.308. The number of nitrogens with zero attached hydrogens (tertiary/aromatic N) is 5. The zero-order valence-corrected chi connectivity index (χ0v) is 10.5. The van der Waals surface area contributed by atoms with Crippen molar-refractivity contribution in [1.82, 2.24) is 29.5 Å². The van der Waals surface area contributed by atoms with E-state index >= 15 is 0 Å². The maximum atomic E-state index is 6.22. The first-order valence-electron chi connectivity index (χ1n) is 5.66. The van der Waals surface area contributed by atoms with E-state index in [1.165, 1.54) is 0 Å². The lowest BCUT2D eigenvalue weighted by Crippen LogP contribution is -2.14. The molecule has 3 N–H and O–H groups in total. The minimum Gasteiger partial charge on any atom is -0.340 e. The molecule has 4 aromatic rings. The van der Waals surface area contributed by atoms with Crippen molar-refractivity contribution in [1.29, 1.82) is 0 Å². The number of rotatable bonds is 2. The van der Waals surface area contributed by atoms with Crippen molar-refractivity contribution < 1.29 is 0 Å². The first-order chi connectivity index (χ1) is 9.34. The van der Waals surface area contributed by atoms with Crippen LogP contribution in [0.1, 0.15) is 16.7 Å². The van der Waals surface area contributed by atoms with E-state index in [4.69, 9.17) is 5.73 Å². The van der Waals surface area contributed by atoms with E-state index in [9.17, 15) is 0 Å². The Kier molecular flexibility index (Phi) is 2.14. The van der Waals surface area contributed by atoms with Gasteiger partial charge in [0.1, 0.15) is 17.9 Å². The van der Waals surface area contributed by atoms with Gasteiger partial charge in [-0.25, -0.2) is 9.97 Å². The summed E-state index contributed by atoms with van der Waals surface area (Å²) in [5.41, 5.74) is 8.29. The summed E-state index contributed by atoms with van der Waals surface area (Å²) >= 11 is 1.60. The van der Waals surface area contributed by atoms with Gasteiger partial charge in [0.2, 0.25) is 0 Å². The van der Waals surface area contributed by atoms with Gasteiger partial charge in [0.05, 0.1) is 6.33 Å². The molecule has 0 bridgehead atoms. The van der Waals surface area contributed by atoms with Crippen molar-refractivity contribution in [3.8, 4) is 0 Å². The lowest BCUT2D eigenvalue weighted by molar-refractivity contribution is 0.774. The molecule has 4 heterocycles. The van der Waals surface area contributed by atoms with Crippen LogP contribution >= 0.6 is 11.3 Å². The van der Waals surface area contributed by atoms with E-state index in [2.05, 4.69) is 25.1 Å². The van der Waals surface area contributed by atoms with Crippen LogP contribution in [-0.4, -0.2) is 29.5 Å². The Morgan fingerprint density at radius 2 is 2.26 bits per heavy atom. The molecule has 0 amide bonds.